The lowest BCUT2D eigenvalue weighted by atomic mass is 9.73. The van der Waals surface area contributed by atoms with Gasteiger partial charge < -0.3 is 24.6 Å². The second-order valence-corrected chi connectivity index (χ2v) is 15.0. The van der Waals surface area contributed by atoms with Crippen LogP contribution in [0.25, 0.3) is 0 Å². The van der Waals surface area contributed by atoms with Crippen LogP contribution in [0.5, 0.6) is 5.88 Å². The van der Waals surface area contributed by atoms with E-state index in [-0.39, 0.29) is 45.2 Å². The molecule has 1 unspecified atom stereocenters. The lowest BCUT2D eigenvalue weighted by Crippen LogP contribution is -2.74. The van der Waals surface area contributed by atoms with E-state index >= 15 is 0 Å². The van der Waals surface area contributed by atoms with Gasteiger partial charge in [-0.2, -0.15) is 9.57 Å². The molecule has 256 valence electrons. The van der Waals surface area contributed by atoms with E-state index in [0.717, 1.165) is 62.4 Å². The van der Waals surface area contributed by atoms with Crippen molar-refractivity contribution in [1.29, 1.82) is 5.26 Å². The number of nitrogens with one attached hydrogen (secondary N) is 1. The van der Waals surface area contributed by atoms with Crippen molar-refractivity contribution in [2.24, 2.45) is 5.41 Å². The topological polar surface area (TPSA) is 148 Å². The van der Waals surface area contributed by atoms with Crippen LogP contribution in [0.4, 0.5) is 10.5 Å². The van der Waals surface area contributed by atoms with Gasteiger partial charge in [-0.1, -0.05) is 17.7 Å². The summed E-state index contributed by atoms with van der Waals surface area (Å²) in [4.78, 5) is 39.9. The molecule has 7 rings (SSSR count). The summed E-state index contributed by atoms with van der Waals surface area (Å²) in [6.45, 7) is 11.9. The Hall–Kier alpha value is -4.55. The number of hydrogen-bond acceptors (Lipinski definition) is 10. The number of amides is 3. The highest BCUT2D eigenvalue weighted by atomic mass is 32.2. The first-order chi connectivity index (χ1) is 23.6. The van der Waals surface area contributed by atoms with Gasteiger partial charge in [0.1, 0.15) is 0 Å². The molecule has 0 radical (unpaired) electrons. The number of ether oxygens (including phenoxy) is 2. The Kier molecular flexibility index (Phi) is 8.56. The molecule has 2 aromatic carbocycles. The SMILES string of the molecule is CCOc1ncccc1C1(NC(=O)N2CC3(CN(CCN4CCOCC4)C3)C2)C(=O)N(S(=O)(=O)c2ccc(C)cc2)c2ccc(C#N)cc21. The number of aryl methyl sites for hydroxylation is 1. The molecule has 0 bridgehead atoms. The molecule has 3 saturated heterocycles. The van der Waals surface area contributed by atoms with Crippen LogP contribution in [0.3, 0.4) is 0 Å². The molecule has 1 atom stereocenters. The number of likely N-dealkylation sites (tertiary alicyclic amines) is 2. The summed E-state index contributed by atoms with van der Waals surface area (Å²) in [6.07, 6.45) is 1.50. The summed E-state index contributed by atoms with van der Waals surface area (Å²) < 4.78 is 40.6. The zero-order chi connectivity index (χ0) is 34.4. The van der Waals surface area contributed by atoms with Crippen LogP contribution in [0.15, 0.2) is 65.7 Å². The molecule has 49 heavy (non-hydrogen) atoms. The average molecular weight is 686 g/mol. The van der Waals surface area contributed by atoms with Crippen LogP contribution in [0.1, 0.15) is 29.2 Å². The molecule has 1 spiro atoms. The van der Waals surface area contributed by atoms with Gasteiger partial charge in [-0.05, 0) is 56.3 Å². The van der Waals surface area contributed by atoms with Gasteiger partial charge in [0, 0.05) is 69.5 Å². The van der Waals surface area contributed by atoms with Gasteiger partial charge >= 0.3 is 6.03 Å². The van der Waals surface area contributed by atoms with E-state index in [0.29, 0.717) is 13.1 Å². The number of anilines is 1. The average Bonchev–Trinajstić information content (AvgIpc) is 3.31. The molecule has 4 aliphatic rings. The van der Waals surface area contributed by atoms with Crippen molar-refractivity contribution < 1.29 is 27.5 Å². The smallest absolute Gasteiger partial charge is 0.318 e. The van der Waals surface area contributed by atoms with Gasteiger partial charge in [-0.25, -0.2) is 18.2 Å². The largest absolute Gasteiger partial charge is 0.478 e. The van der Waals surface area contributed by atoms with Gasteiger partial charge in [0.25, 0.3) is 15.9 Å². The predicted octanol–water partition coefficient (Wildman–Crippen LogP) is 2.30. The molecule has 14 heteroatoms. The lowest BCUT2D eigenvalue weighted by molar-refractivity contribution is -0.122. The highest BCUT2D eigenvalue weighted by Crippen LogP contribution is 2.50. The maximum absolute atomic E-state index is 15.0. The Balaban J connectivity index is 1.21. The number of rotatable bonds is 9. The van der Waals surface area contributed by atoms with Crippen molar-refractivity contribution in [2.75, 3.05) is 76.5 Å². The van der Waals surface area contributed by atoms with Crippen molar-refractivity contribution >= 4 is 27.6 Å². The summed E-state index contributed by atoms with van der Waals surface area (Å²) in [5.74, 6) is -0.856. The monoisotopic (exact) mass is 685 g/mol. The third-order valence-electron chi connectivity index (χ3n) is 9.86. The fourth-order valence-electron chi connectivity index (χ4n) is 7.41. The molecule has 3 fully saturated rings. The molecule has 0 saturated carbocycles. The van der Waals surface area contributed by atoms with Crippen molar-refractivity contribution in [3.63, 3.8) is 0 Å². The van der Waals surface area contributed by atoms with Crippen molar-refractivity contribution in [2.45, 2.75) is 24.3 Å². The normalized spacial score (nSPS) is 21.9. The first-order valence-electron chi connectivity index (χ1n) is 16.5. The van der Waals surface area contributed by atoms with Gasteiger partial charge in [0.05, 0.1) is 47.6 Å². The zero-order valence-electron chi connectivity index (χ0n) is 27.6. The highest BCUT2D eigenvalue weighted by Gasteiger charge is 2.60. The number of carbonyl (C=O) groups is 2. The second kappa shape index (κ2) is 12.7. The minimum atomic E-state index is -4.46. The fraction of sp³-hybridized carbons (Fsp3) is 0.429. The summed E-state index contributed by atoms with van der Waals surface area (Å²) in [5.41, 5.74) is -0.705. The minimum Gasteiger partial charge on any atom is -0.478 e. The molecular weight excluding hydrogens is 646 g/mol. The Morgan fingerprint density at radius 1 is 1.02 bits per heavy atom. The van der Waals surface area contributed by atoms with Gasteiger partial charge in [0.15, 0.2) is 5.54 Å². The number of hydrogen-bond donors (Lipinski definition) is 1. The third-order valence-corrected chi connectivity index (χ3v) is 11.6. The number of pyridine rings is 1. The number of morpholine rings is 1. The number of nitrogens with zero attached hydrogens (tertiary/aromatic N) is 6. The van der Waals surface area contributed by atoms with E-state index in [9.17, 15) is 23.3 Å². The lowest BCUT2D eigenvalue weighted by Gasteiger charge is -2.60. The van der Waals surface area contributed by atoms with Crippen LogP contribution in [0, 0.1) is 23.7 Å². The van der Waals surface area contributed by atoms with E-state index in [4.69, 9.17) is 9.47 Å². The number of sulfonamides is 1. The summed E-state index contributed by atoms with van der Waals surface area (Å²) in [5, 5.41) is 12.8. The van der Waals surface area contributed by atoms with E-state index in [1.807, 2.05) is 6.92 Å². The molecule has 0 aliphatic carbocycles. The first-order valence-corrected chi connectivity index (χ1v) is 17.9. The molecular formula is C35H39N7O6S. The maximum Gasteiger partial charge on any atom is 0.318 e. The Morgan fingerprint density at radius 2 is 1.73 bits per heavy atom. The zero-order valence-corrected chi connectivity index (χ0v) is 28.4. The molecule has 1 N–H and O–H groups in total. The molecule has 5 heterocycles. The van der Waals surface area contributed by atoms with Crippen molar-refractivity contribution in [3.8, 4) is 11.9 Å². The number of benzene rings is 2. The van der Waals surface area contributed by atoms with E-state index in [1.54, 1.807) is 36.1 Å². The molecule has 13 nitrogen and oxygen atoms in total. The Labute approximate surface area is 286 Å². The van der Waals surface area contributed by atoms with Crippen molar-refractivity contribution in [1.82, 2.24) is 25.0 Å². The van der Waals surface area contributed by atoms with Crippen LogP contribution < -0.4 is 14.4 Å². The predicted molar refractivity (Wildman–Crippen MR) is 179 cm³/mol. The van der Waals surface area contributed by atoms with E-state index < -0.39 is 27.5 Å². The summed E-state index contributed by atoms with van der Waals surface area (Å²) in [6, 6.07) is 15.3. The van der Waals surface area contributed by atoms with Gasteiger partial charge in [-0.15, -0.1) is 0 Å². The van der Waals surface area contributed by atoms with Crippen LogP contribution in [-0.2, 0) is 25.1 Å². The number of fused-ring (bicyclic) bond motifs is 1. The third kappa shape index (κ3) is 5.70. The van der Waals surface area contributed by atoms with Gasteiger partial charge in [0.2, 0.25) is 5.88 Å². The maximum atomic E-state index is 15.0. The molecule has 3 amide bonds. The quantitative estimate of drug-likeness (QED) is 0.356. The standard InChI is InChI=1S/C35H39N7O6S/c1-3-48-31-28(5-4-12-37-31)35(38-33(44)41-23-34(24-41)21-40(22-34)14-13-39-15-17-47-18-16-39)29-19-26(20-36)8-11-30(29)42(32(35)43)49(45,46)27-9-6-25(2)7-10-27/h4-12,19H,3,13-18,21-24H2,1-2H3,(H,38,44). The van der Waals surface area contributed by atoms with E-state index in [2.05, 4.69) is 26.2 Å². The number of aromatic nitrogens is 1. The van der Waals surface area contributed by atoms with Crippen molar-refractivity contribution in [3.05, 3.63) is 83.0 Å². The number of nitriles is 1. The summed E-state index contributed by atoms with van der Waals surface area (Å²) >= 11 is 0. The van der Waals surface area contributed by atoms with Crippen LogP contribution >= 0.6 is 0 Å². The second-order valence-electron chi connectivity index (χ2n) is 13.2. The summed E-state index contributed by atoms with van der Waals surface area (Å²) in [7, 11) is -4.46. The minimum absolute atomic E-state index is 0.0211. The highest BCUT2D eigenvalue weighted by molar-refractivity contribution is 7.93. The molecule has 1 aromatic heterocycles. The number of urea groups is 1. The number of carbonyl (C=O) groups excluding carboxylic acids is 2. The molecule has 4 aliphatic heterocycles. The molecule has 3 aromatic rings. The van der Waals surface area contributed by atoms with Crippen LogP contribution in [0.2, 0.25) is 0 Å². The Bertz CT molecular complexity index is 1910. The fourth-order valence-corrected chi connectivity index (χ4v) is 8.87. The van der Waals surface area contributed by atoms with Crippen LogP contribution in [-0.4, -0.2) is 112 Å². The van der Waals surface area contributed by atoms with Gasteiger partial charge in [-0.3, -0.25) is 9.69 Å². The van der Waals surface area contributed by atoms with E-state index in [1.165, 1.54) is 36.5 Å². The first kappa shape index (κ1) is 33.0. The Morgan fingerprint density at radius 3 is 2.43 bits per heavy atom.